The van der Waals surface area contributed by atoms with Crippen molar-refractivity contribution in [1.29, 1.82) is 0 Å². The minimum absolute atomic E-state index is 0.364. The molecule has 0 aromatic heterocycles. The second-order valence-electron chi connectivity index (χ2n) is 4.84. The van der Waals surface area contributed by atoms with Crippen LogP contribution in [0.3, 0.4) is 0 Å². The van der Waals surface area contributed by atoms with Gasteiger partial charge in [-0.05, 0) is 30.3 Å². The molecule has 0 spiro atoms. The highest BCUT2D eigenvalue weighted by Crippen LogP contribution is 2.40. The van der Waals surface area contributed by atoms with Crippen molar-refractivity contribution in [2.75, 3.05) is 26.6 Å². The molecule has 1 N–H and O–H groups in total. The molecule has 0 saturated heterocycles. The fourth-order valence-electron chi connectivity index (χ4n) is 2.20. The third-order valence-corrected chi connectivity index (χ3v) is 3.36. The minimum atomic E-state index is -0.856. The van der Waals surface area contributed by atoms with Crippen LogP contribution in [0.25, 0.3) is 6.08 Å². The molecule has 0 fully saturated rings. The summed E-state index contributed by atoms with van der Waals surface area (Å²) < 4.78 is 42.8. The van der Waals surface area contributed by atoms with E-state index in [0.29, 0.717) is 22.8 Å². The van der Waals surface area contributed by atoms with E-state index in [1.165, 1.54) is 33.5 Å². The molecule has 0 bridgehead atoms. The number of hydrogen-bond donors (Lipinski definition) is 1. The summed E-state index contributed by atoms with van der Waals surface area (Å²) in [5.41, 5.74) is 0.0285. The number of hydrogen-bond acceptors (Lipinski definition) is 4. The molecule has 0 unspecified atom stereocenters. The van der Waals surface area contributed by atoms with Gasteiger partial charge >= 0.3 is 0 Å². The molecule has 132 valence electrons. The van der Waals surface area contributed by atoms with Crippen molar-refractivity contribution in [1.82, 2.24) is 0 Å². The zero-order valence-corrected chi connectivity index (χ0v) is 13.9. The van der Waals surface area contributed by atoms with Crippen LogP contribution in [-0.4, -0.2) is 27.2 Å². The van der Waals surface area contributed by atoms with E-state index >= 15 is 0 Å². The van der Waals surface area contributed by atoms with Crippen molar-refractivity contribution < 1.29 is 27.8 Å². The van der Waals surface area contributed by atoms with Gasteiger partial charge in [-0.2, -0.15) is 0 Å². The Morgan fingerprint density at radius 2 is 1.60 bits per heavy atom. The molecular weight excluding hydrogens is 332 g/mol. The molecule has 2 aromatic rings. The first kappa shape index (κ1) is 18.3. The number of carbonyl (C=O) groups excluding carboxylic acids is 1. The number of methoxy groups -OCH3 is 3. The number of halogens is 2. The highest BCUT2D eigenvalue weighted by molar-refractivity contribution is 6.02. The van der Waals surface area contributed by atoms with Crippen molar-refractivity contribution in [3.63, 3.8) is 0 Å². The molecule has 2 aromatic carbocycles. The van der Waals surface area contributed by atoms with Crippen LogP contribution < -0.4 is 19.5 Å². The summed E-state index contributed by atoms with van der Waals surface area (Å²) in [5.74, 6) is -1.21. The van der Waals surface area contributed by atoms with Crippen LogP contribution in [0.4, 0.5) is 14.5 Å². The first-order chi connectivity index (χ1) is 12.0. The second-order valence-corrected chi connectivity index (χ2v) is 4.84. The summed E-state index contributed by atoms with van der Waals surface area (Å²) in [6.45, 7) is 0. The lowest BCUT2D eigenvalue weighted by Crippen LogP contribution is -2.11. The molecule has 0 aliphatic heterocycles. The van der Waals surface area contributed by atoms with E-state index in [4.69, 9.17) is 14.2 Å². The number of amides is 1. The predicted molar refractivity (Wildman–Crippen MR) is 90.1 cm³/mol. The first-order valence-corrected chi connectivity index (χ1v) is 7.23. The Morgan fingerprint density at radius 3 is 2.16 bits per heavy atom. The van der Waals surface area contributed by atoms with Gasteiger partial charge in [-0.25, -0.2) is 8.78 Å². The molecule has 25 heavy (non-hydrogen) atoms. The largest absolute Gasteiger partial charge is 0.493 e. The van der Waals surface area contributed by atoms with Crippen LogP contribution in [0.2, 0.25) is 0 Å². The molecule has 7 heteroatoms. The third kappa shape index (κ3) is 4.06. The number of ether oxygens (including phenoxy) is 3. The van der Waals surface area contributed by atoms with E-state index in [9.17, 15) is 13.6 Å². The Hall–Kier alpha value is -3.09. The highest BCUT2D eigenvalue weighted by atomic mass is 19.1. The van der Waals surface area contributed by atoms with Crippen molar-refractivity contribution in [3.8, 4) is 17.2 Å². The van der Waals surface area contributed by atoms with Crippen molar-refractivity contribution in [3.05, 3.63) is 53.6 Å². The van der Waals surface area contributed by atoms with Crippen molar-refractivity contribution in [2.24, 2.45) is 0 Å². The smallest absolute Gasteiger partial charge is 0.248 e. The van der Waals surface area contributed by atoms with E-state index in [-0.39, 0.29) is 0 Å². The Bertz CT molecular complexity index is 786. The number of para-hydroxylation sites is 1. The quantitative estimate of drug-likeness (QED) is 0.809. The number of benzene rings is 2. The maximum absolute atomic E-state index is 13.5. The molecule has 5 nitrogen and oxygen atoms in total. The van der Waals surface area contributed by atoms with E-state index in [1.807, 2.05) is 0 Å². The van der Waals surface area contributed by atoms with Gasteiger partial charge in [-0.1, -0.05) is 6.07 Å². The summed E-state index contributed by atoms with van der Waals surface area (Å²) in [7, 11) is 4.40. The number of anilines is 1. The standard InChI is InChI=1S/C18H17F2NO4/c1-23-14-9-7-11(17(24-2)18(14)25-3)8-10-15(22)21-16-12(19)5-4-6-13(16)20/h4-10H,1-3H3,(H,21,22). The molecule has 0 radical (unpaired) electrons. The lowest BCUT2D eigenvalue weighted by molar-refractivity contribution is -0.111. The van der Waals surface area contributed by atoms with Crippen LogP contribution in [0, 0.1) is 11.6 Å². The van der Waals surface area contributed by atoms with Gasteiger partial charge in [0.1, 0.15) is 17.3 Å². The van der Waals surface area contributed by atoms with E-state index in [2.05, 4.69) is 5.32 Å². The Labute approximate surface area is 143 Å². The van der Waals surface area contributed by atoms with Gasteiger partial charge < -0.3 is 19.5 Å². The number of nitrogens with one attached hydrogen (secondary N) is 1. The van der Waals surface area contributed by atoms with Crippen LogP contribution in [0.1, 0.15) is 5.56 Å². The minimum Gasteiger partial charge on any atom is -0.493 e. The molecule has 2 rings (SSSR count). The van der Waals surface area contributed by atoms with Gasteiger partial charge in [0, 0.05) is 11.6 Å². The normalized spacial score (nSPS) is 10.6. The highest BCUT2D eigenvalue weighted by Gasteiger charge is 2.15. The van der Waals surface area contributed by atoms with Gasteiger partial charge in [0.05, 0.1) is 21.3 Å². The Morgan fingerprint density at radius 1 is 0.960 bits per heavy atom. The van der Waals surface area contributed by atoms with Gasteiger partial charge in [-0.15, -0.1) is 0 Å². The molecule has 0 atom stereocenters. The second kappa shape index (κ2) is 8.14. The maximum Gasteiger partial charge on any atom is 0.248 e. The van der Waals surface area contributed by atoms with Gasteiger partial charge in [0.15, 0.2) is 11.5 Å². The van der Waals surface area contributed by atoms with E-state index in [1.54, 1.807) is 12.1 Å². The fourth-order valence-corrected chi connectivity index (χ4v) is 2.20. The lowest BCUT2D eigenvalue weighted by Gasteiger charge is -2.14. The topological polar surface area (TPSA) is 56.8 Å². The summed E-state index contributed by atoms with van der Waals surface area (Å²) in [5, 5.41) is 2.16. The predicted octanol–water partition coefficient (Wildman–Crippen LogP) is 3.64. The van der Waals surface area contributed by atoms with E-state index in [0.717, 1.165) is 18.2 Å². The lowest BCUT2D eigenvalue weighted by atomic mass is 10.1. The van der Waals surface area contributed by atoms with Gasteiger partial charge in [0.25, 0.3) is 0 Å². The van der Waals surface area contributed by atoms with Crippen LogP contribution in [0.15, 0.2) is 36.4 Å². The molecule has 0 heterocycles. The Kier molecular flexibility index (Phi) is 5.94. The average Bonchev–Trinajstić information content (AvgIpc) is 2.62. The fraction of sp³-hybridized carbons (Fsp3) is 0.167. The van der Waals surface area contributed by atoms with Gasteiger partial charge in [0.2, 0.25) is 11.7 Å². The van der Waals surface area contributed by atoms with Crippen LogP contribution >= 0.6 is 0 Å². The van der Waals surface area contributed by atoms with Crippen LogP contribution in [-0.2, 0) is 4.79 Å². The van der Waals surface area contributed by atoms with Crippen molar-refractivity contribution >= 4 is 17.7 Å². The summed E-state index contributed by atoms with van der Waals surface area (Å²) in [4.78, 5) is 11.9. The molecule has 1 amide bonds. The van der Waals surface area contributed by atoms with Crippen molar-refractivity contribution in [2.45, 2.75) is 0 Å². The summed E-state index contributed by atoms with van der Waals surface area (Å²) in [6.07, 6.45) is 2.57. The average molecular weight is 349 g/mol. The Balaban J connectivity index is 2.25. The maximum atomic E-state index is 13.5. The first-order valence-electron chi connectivity index (χ1n) is 7.23. The third-order valence-electron chi connectivity index (χ3n) is 3.36. The summed E-state index contributed by atoms with van der Waals surface area (Å²) in [6, 6.07) is 6.63. The zero-order valence-electron chi connectivity index (χ0n) is 13.9. The SMILES string of the molecule is COc1ccc(C=CC(=O)Nc2c(F)cccc2F)c(OC)c1OC. The molecule has 0 aliphatic rings. The number of rotatable bonds is 6. The van der Waals surface area contributed by atoms with E-state index < -0.39 is 23.2 Å². The zero-order chi connectivity index (χ0) is 18.4. The molecular formula is C18H17F2NO4. The number of carbonyl (C=O) groups is 1. The van der Waals surface area contributed by atoms with Crippen LogP contribution in [0.5, 0.6) is 17.2 Å². The molecule has 0 saturated carbocycles. The summed E-state index contributed by atoms with van der Waals surface area (Å²) >= 11 is 0. The van der Waals surface area contributed by atoms with Gasteiger partial charge in [-0.3, -0.25) is 4.79 Å². The monoisotopic (exact) mass is 349 g/mol. The molecule has 0 aliphatic carbocycles.